The SMILES string of the molecule is Cc1nc2c(C(F)(F)F)cc(CN3CCCC(C)C3)cc2[nH]1. The first-order valence-electron chi connectivity index (χ1n) is 7.61. The summed E-state index contributed by atoms with van der Waals surface area (Å²) < 4.78 is 39.8. The Morgan fingerprint density at radius 3 is 2.82 bits per heavy atom. The standard InChI is InChI=1S/C16H20F3N3/c1-10-4-3-5-22(8-10)9-12-6-13(16(17,18)19)15-14(7-12)20-11(2)21-15/h6-7,10H,3-5,8-9H2,1-2H3,(H,20,21). The Labute approximate surface area is 127 Å². The van der Waals surface area contributed by atoms with Crippen LogP contribution in [0.5, 0.6) is 0 Å². The van der Waals surface area contributed by atoms with Gasteiger partial charge in [0, 0.05) is 13.1 Å². The molecule has 1 aliphatic rings. The van der Waals surface area contributed by atoms with Gasteiger partial charge in [-0.05, 0) is 49.9 Å². The van der Waals surface area contributed by atoms with E-state index in [2.05, 4.69) is 21.8 Å². The summed E-state index contributed by atoms with van der Waals surface area (Å²) in [5.74, 6) is 1.11. The molecular formula is C16H20F3N3. The number of aromatic nitrogens is 2. The Bertz CT molecular complexity index is 675. The molecular weight excluding hydrogens is 291 g/mol. The Hall–Kier alpha value is -1.56. The number of piperidine rings is 1. The van der Waals surface area contributed by atoms with Crippen molar-refractivity contribution in [3.8, 4) is 0 Å². The maximum absolute atomic E-state index is 13.3. The summed E-state index contributed by atoms with van der Waals surface area (Å²) in [6.45, 7) is 6.31. The van der Waals surface area contributed by atoms with E-state index in [0.717, 1.165) is 19.5 Å². The molecule has 1 unspecified atom stereocenters. The lowest BCUT2D eigenvalue weighted by molar-refractivity contribution is -0.136. The van der Waals surface area contributed by atoms with Crippen molar-refractivity contribution in [1.82, 2.24) is 14.9 Å². The van der Waals surface area contributed by atoms with Crippen molar-refractivity contribution < 1.29 is 13.2 Å². The van der Waals surface area contributed by atoms with Crippen LogP contribution >= 0.6 is 0 Å². The number of hydrogen-bond donors (Lipinski definition) is 1. The zero-order valence-corrected chi connectivity index (χ0v) is 12.8. The maximum atomic E-state index is 13.3. The lowest BCUT2D eigenvalue weighted by Gasteiger charge is -2.31. The summed E-state index contributed by atoms with van der Waals surface area (Å²) in [4.78, 5) is 9.15. The Kier molecular flexibility index (Phi) is 3.89. The van der Waals surface area contributed by atoms with Gasteiger partial charge in [-0.25, -0.2) is 4.98 Å². The summed E-state index contributed by atoms with van der Waals surface area (Å²) in [5.41, 5.74) is 0.528. The van der Waals surface area contributed by atoms with Crippen molar-refractivity contribution in [2.75, 3.05) is 13.1 Å². The van der Waals surface area contributed by atoms with Crippen LogP contribution in [0.25, 0.3) is 11.0 Å². The largest absolute Gasteiger partial charge is 0.418 e. The van der Waals surface area contributed by atoms with Gasteiger partial charge in [0.1, 0.15) is 11.3 Å². The molecule has 6 heteroatoms. The normalized spacial score (nSPS) is 20.7. The van der Waals surface area contributed by atoms with E-state index in [1.807, 2.05) is 0 Å². The van der Waals surface area contributed by atoms with E-state index in [-0.39, 0.29) is 5.52 Å². The number of fused-ring (bicyclic) bond motifs is 1. The number of H-pyrrole nitrogens is 1. The summed E-state index contributed by atoms with van der Waals surface area (Å²) in [5, 5.41) is 0. The van der Waals surface area contributed by atoms with E-state index >= 15 is 0 Å². The lowest BCUT2D eigenvalue weighted by Crippen LogP contribution is -2.33. The highest BCUT2D eigenvalue weighted by atomic mass is 19.4. The summed E-state index contributed by atoms with van der Waals surface area (Å²) in [6.07, 6.45) is -2.08. The summed E-state index contributed by atoms with van der Waals surface area (Å²) in [7, 11) is 0. The van der Waals surface area contributed by atoms with Crippen LogP contribution in [0.2, 0.25) is 0 Å². The number of hydrogen-bond acceptors (Lipinski definition) is 2. The minimum Gasteiger partial charge on any atom is -0.342 e. The molecule has 3 rings (SSSR count). The van der Waals surface area contributed by atoms with Gasteiger partial charge in [0.05, 0.1) is 11.1 Å². The fourth-order valence-corrected chi connectivity index (χ4v) is 3.30. The van der Waals surface area contributed by atoms with Crippen LogP contribution < -0.4 is 0 Å². The average molecular weight is 311 g/mol. The highest BCUT2D eigenvalue weighted by Gasteiger charge is 2.34. The van der Waals surface area contributed by atoms with Gasteiger partial charge in [-0.1, -0.05) is 6.92 Å². The van der Waals surface area contributed by atoms with Crippen LogP contribution in [0.3, 0.4) is 0 Å². The van der Waals surface area contributed by atoms with Crippen LogP contribution in [-0.2, 0) is 12.7 Å². The smallest absolute Gasteiger partial charge is 0.342 e. The van der Waals surface area contributed by atoms with Gasteiger partial charge in [-0.3, -0.25) is 4.90 Å². The molecule has 0 bridgehead atoms. The topological polar surface area (TPSA) is 31.9 Å². The fraction of sp³-hybridized carbons (Fsp3) is 0.562. The molecule has 1 N–H and O–H groups in total. The second kappa shape index (κ2) is 5.57. The van der Waals surface area contributed by atoms with E-state index in [9.17, 15) is 13.2 Å². The molecule has 0 saturated carbocycles. The Balaban J connectivity index is 1.96. The third-order valence-corrected chi connectivity index (χ3v) is 4.22. The predicted octanol–water partition coefficient (Wildman–Crippen LogP) is 4.12. The molecule has 0 amide bonds. The molecule has 1 aromatic heterocycles. The highest BCUT2D eigenvalue weighted by molar-refractivity contribution is 5.80. The average Bonchev–Trinajstić information content (AvgIpc) is 2.76. The van der Waals surface area contributed by atoms with E-state index in [1.54, 1.807) is 13.0 Å². The quantitative estimate of drug-likeness (QED) is 0.904. The first kappa shape index (κ1) is 15.3. The highest BCUT2D eigenvalue weighted by Crippen LogP contribution is 2.35. The van der Waals surface area contributed by atoms with Gasteiger partial charge >= 0.3 is 6.18 Å². The Morgan fingerprint density at radius 2 is 2.14 bits per heavy atom. The molecule has 0 aliphatic carbocycles. The Morgan fingerprint density at radius 1 is 1.36 bits per heavy atom. The molecule has 2 aromatic rings. The molecule has 1 aliphatic heterocycles. The number of halogens is 3. The molecule has 1 saturated heterocycles. The van der Waals surface area contributed by atoms with Crippen molar-refractivity contribution in [3.63, 3.8) is 0 Å². The molecule has 120 valence electrons. The first-order chi connectivity index (χ1) is 10.3. The number of alkyl halides is 3. The molecule has 1 fully saturated rings. The molecule has 3 nitrogen and oxygen atoms in total. The summed E-state index contributed by atoms with van der Waals surface area (Å²) >= 11 is 0. The van der Waals surface area contributed by atoms with Crippen LogP contribution in [-0.4, -0.2) is 28.0 Å². The van der Waals surface area contributed by atoms with Crippen LogP contribution in [0.15, 0.2) is 12.1 Å². The van der Waals surface area contributed by atoms with Crippen LogP contribution in [0, 0.1) is 12.8 Å². The molecule has 0 radical (unpaired) electrons. The van der Waals surface area contributed by atoms with Crippen LogP contribution in [0.1, 0.15) is 36.7 Å². The number of nitrogens with zero attached hydrogens (tertiary/aromatic N) is 2. The van der Waals surface area contributed by atoms with Gasteiger partial charge in [0.15, 0.2) is 0 Å². The number of aryl methyl sites for hydroxylation is 1. The molecule has 0 spiro atoms. The maximum Gasteiger partial charge on any atom is 0.418 e. The van der Waals surface area contributed by atoms with Crippen molar-refractivity contribution in [3.05, 3.63) is 29.1 Å². The number of likely N-dealkylation sites (tertiary alicyclic amines) is 1. The molecule has 1 atom stereocenters. The second-order valence-corrected chi connectivity index (χ2v) is 6.34. The van der Waals surface area contributed by atoms with Gasteiger partial charge in [0.2, 0.25) is 0 Å². The van der Waals surface area contributed by atoms with Gasteiger partial charge < -0.3 is 4.98 Å². The number of imidazole rings is 1. The van der Waals surface area contributed by atoms with E-state index in [0.29, 0.717) is 29.4 Å². The molecule has 22 heavy (non-hydrogen) atoms. The van der Waals surface area contributed by atoms with Crippen molar-refractivity contribution >= 4 is 11.0 Å². The monoisotopic (exact) mass is 311 g/mol. The zero-order chi connectivity index (χ0) is 15.9. The van der Waals surface area contributed by atoms with Crippen molar-refractivity contribution in [2.24, 2.45) is 5.92 Å². The predicted molar refractivity (Wildman–Crippen MR) is 79.5 cm³/mol. The van der Waals surface area contributed by atoms with E-state index in [1.165, 1.54) is 12.5 Å². The minimum absolute atomic E-state index is 0.0146. The molecule has 2 heterocycles. The van der Waals surface area contributed by atoms with E-state index in [4.69, 9.17) is 0 Å². The van der Waals surface area contributed by atoms with Gasteiger partial charge in [-0.15, -0.1) is 0 Å². The number of rotatable bonds is 2. The lowest BCUT2D eigenvalue weighted by atomic mass is 9.99. The third kappa shape index (κ3) is 3.11. The van der Waals surface area contributed by atoms with Crippen molar-refractivity contribution in [2.45, 2.75) is 39.4 Å². The summed E-state index contributed by atoms with van der Waals surface area (Å²) in [6, 6.07) is 3.05. The van der Waals surface area contributed by atoms with Gasteiger partial charge in [-0.2, -0.15) is 13.2 Å². The fourth-order valence-electron chi connectivity index (χ4n) is 3.30. The minimum atomic E-state index is -4.38. The number of benzene rings is 1. The zero-order valence-electron chi connectivity index (χ0n) is 12.8. The van der Waals surface area contributed by atoms with E-state index < -0.39 is 11.7 Å². The third-order valence-electron chi connectivity index (χ3n) is 4.22. The molecule has 1 aromatic carbocycles. The number of aromatic amines is 1. The van der Waals surface area contributed by atoms with Crippen molar-refractivity contribution in [1.29, 1.82) is 0 Å². The first-order valence-corrected chi connectivity index (χ1v) is 7.61. The van der Waals surface area contributed by atoms with Crippen LogP contribution in [0.4, 0.5) is 13.2 Å². The second-order valence-electron chi connectivity index (χ2n) is 6.34. The number of nitrogens with one attached hydrogen (secondary N) is 1. The van der Waals surface area contributed by atoms with Gasteiger partial charge in [0.25, 0.3) is 0 Å².